The van der Waals surface area contributed by atoms with Crippen LogP contribution in [0.2, 0.25) is 0 Å². The van der Waals surface area contributed by atoms with Gasteiger partial charge in [-0.2, -0.15) is 0 Å². The number of nitrogens with zero attached hydrogens (tertiary/aromatic N) is 3. The fraction of sp³-hybridized carbons (Fsp3) is 0.545. The van der Waals surface area contributed by atoms with E-state index in [2.05, 4.69) is 39.2 Å². The monoisotopic (exact) mass is 367 g/mol. The zero-order valence-corrected chi connectivity index (χ0v) is 16.4. The molecule has 1 fully saturated rings. The number of amides is 1. The number of benzene rings is 1. The minimum absolute atomic E-state index is 0.327. The maximum absolute atomic E-state index is 12.8. The molecule has 2 aliphatic heterocycles. The molecule has 0 aliphatic carbocycles. The number of likely N-dealkylation sites (tertiary alicyclic amines) is 1. The van der Waals surface area contributed by atoms with Gasteiger partial charge in [0.1, 0.15) is 5.76 Å². The molecule has 4 rings (SSSR count). The first kappa shape index (κ1) is 18.2. The van der Waals surface area contributed by atoms with Crippen LogP contribution < -0.4 is 0 Å². The second-order valence-corrected chi connectivity index (χ2v) is 8.06. The number of carbonyl (C=O) groups excluding carboxylic acids is 1. The van der Waals surface area contributed by atoms with Gasteiger partial charge < -0.3 is 9.42 Å². The Morgan fingerprint density at radius 2 is 1.89 bits per heavy atom. The van der Waals surface area contributed by atoms with Crippen molar-refractivity contribution >= 4 is 5.91 Å². The van der Waals surface area contributed by atoms with Gasteiger partial charge in [0.25, 0.3) is 0 Å². The molecule has 27 heavy (non-hydrogen) atoms. The van der Waals surface area contributed by atoms with E-state index >= 15 is 0 Å². The summed E-state index contributed by atoms with van der Waals surface area (Å²) < 4.78 is 5.28. The van der Waals surface area contributed by atoms with Crippen molar-refractivity contribution in [1.29, 1.82) is 0 Å². The Kier molecular flexibility index (Phi) is 5.30. The lowest BCUT2D eigenvalue weighted by molar-refractivity contribution is -0.133. The van der Waals surface area contributed by atoms with Crippen LogP contribution in [-0.2, 0) is 24.3 Å². The fourth-order valence-electron chi connectivity index (χ4n) is 4.38. The number of fused-ring (bicyclic) bond motifs is 1. The van der Waals surface area contributed by atoms with Crippen molar-refractivity contribution in [2.24, 2.45) is 5.92 Å². The van der Waals surface area contributed by atoms with Crippen LogP contribution in [0.1, 0.15) is 47.4 Å². The summed E-state index contributed by atoms with van der Waals surface area (Å²) in [6.45, 7) is 8.63. The quantitative estimate of drug-likeness (QED) is 0.830. The summed E-state index contributed by atoms with van der Waals surface area (Å²) >= 11 is 0. The molecule has 0 saturated carbocycles. The SMILES string of the molecule is Cc1noc(C)c1CN1CCC(CC(=O)N2CCc3ccccc3C2)CC1. The van der Waals surface area contributed by atoms with E-state index in [-0.39, 0.29) is 0 Å². The van der Waals surface area contributed by atoms with Crippen molar-refractivity contribution in [3.63, 3.8) is 0 Å². The lowest BCUT2D eigenvalue weighted by Crippen LogP contribution is -2.39. The molecule has 2 aliphatic rings. The van der Waals surface area contributed by atoms with Crippen LogP contribution in [0.3, 0.4) is 0 Å². The maximum Gasteiger partial charge on any atom is 0.223 e. The van der Waals surface area contributed by atoms with Crippen molar-refractivity contribution in [2.75, 3.05) is 19.6 Å². The smallest absolute Gasteiger partial charge is 0.223 e. The van der Waals surface area contributed by atoms with E-state index < -0.39 is 0 Å². The van der Waals surface area contributed by atoms with Gasteiger partial charge in [-0.05, 0) is 63.2 Å². The molecule has 2 aromatic rings. The first-order valence-corrected chi connectivity index (χ1v) is 10.1. The summed E-state index contributed by atoms with van der Waals surface area (Å²) in [5, 5.41) is 4.05. The summed E-state index contributed by atoms with van der Waals surface area (Å²) in [6.07, 6.45) is 3.87. The number of aryl methyl sites for hydroxylation is 2. The van der Waals surface area contributed by atoms with E-state index in [0.717, 1.165) is 63.4 Å². The third kappa shape index (κ3) is 4.08. The van der Waals surface area contributed by atoms with Crippen molar-refractivity contribution in [1.82, 2.24) is 15.0 Å². The highest BCUT2D eigenvalue weighted by atomic mass is 16.5. The predicted octanol–water partition coefficient (Wildman–Crippen LogP) is 3.48. The van der Waals surface area contributed by atoms with E-state index in [9.17, 15) is 4.79 Å². The van der Waals surface area contributed by atoms with E-state index in [0.29, 0.717) is 18.2 Å². The number of rotatable bonds is 4. The molecule has 0 bridgehead atoms. The predicted molar refractivity (Wildman–Crippen MR) is 104 cm³/mol. The molecule has 3 heterocycles. The summed E-state index contributed by atoms with van der Waals surface area (Å²) in [5.74, 6) is 1.76. The molecule has 0 spiro atoms. The van der Waals surface area contributed by atoms with Gasteiger partial charge in [-0.15, -0.1) is 0 Å². The standard InChI is InChI=1S/C22H29N3O2/c1-16-21(17(2)27-23-16)15-24-10-7-18(8-11-24)13-22(26)25-12-9-19-5-3-4-6-20(19)14-25/h3-6,18H,7-15H2,1-2H3. The molecule has 1 aromatic heterocycles. The van der Waals surface area contributed by atoms with Crippen molar-refractivity contribution in [3.8, 4) is 0 Å². The summed E-state index contributed by atoms with van der Waals surface area (Å²) in [6, 6.07) is 8.50. The normalized spacial score (nSPS) is 18.5. The van der Waals surface area contributed by atoms with E-state index in [4.69, 9.17) is 4.52 Å². The first-order valence-electron chi connectivity index (χ1n) is 10.1. The minimum atomic E-state index is 0.327. The van der Waals surface area contributed by atoms with Crippen LogP contribution in [0.5, 0.6) is 0 Å². The molecule has 1 aromatic carbocycles. The molecule has 5 heteroatoms. The van der Waals surface area contributed by atoms with Crippen molar-refractivity contribution < 1.29 is 9.32 Å². The summed E-state index contributed by atoms with van der Waals surface area (Å²) in [4.78, 5) is 17.3. The van der Waals surface area contributed by atoms with Gasteiger partial charge in [0.05, 0.1) is 5.69 Å². The highest BCUT2D eigenvalue weighted by Gasteiger charge is 2.26. The van der Waals surface area contributed by atoms with E-state index in [1.807, 2.05) is 13.8 Å². The van der Waals surface area contributed by atoms with Crippen LogP contribution in [0, 0.1) is 19.8 Å². The Bertz CT molecular complexity index is 786. The van der Waals surface area contributed by atoms with Crippen LogP contribution >= 0.6 is 0 Å². The molecule has 5 nitrogen and oxygen atoms in total. The van der Waals surface area contributed by atoms with Crippen LogP contribution in [-0.4, -0.2) is 40.5 Å². The highest BCUT2D eigenvalue weighted by Crippen LogP contribution is 2.26. The number of hydrogen-bond acceptors (Lipinski definition) is 4. The largest absolute Gasteiger partial charge is 0.361 e. The van der Waals surface area contributed by atoms with Gasteiger partial charge >= 0.3 is 0 Å². The maximum atomic E-state index is 12.8. The molecule has 0 radical (unpaired) electrons. The molecule has 1 saturated heterocycles. The Hall–Kier alpha value is -2.14. The molecular formula is C22H29N3O2. The zero-order chi connectivity index (χ0) is 18.8. The number of carbonyl (C=O) groups is 1. The van der Waals surface area contributed by atoms with Crippen LogP contribution in [0.4, 0.5) is 0 Å². The van der Waals surface area contributed by atoms with Crippen molar-refractivity contribution in [3.05, 3.63) is 52.4 Å². The lowest BCUT2D eigenvalue weighted by Gasteiger charge is -2.34. The summed E-state index contributed by atoms with van der Waals surface area (Å²) in [5.41, 5.74) is 4.92. The van der Waals surface area contributed by atoms with Gasteiger partial charge in [0.2, 0.25) is 5.91 Å². The first-order chi connectivity index (χ1) is 13.1. The second-order valence-electron chi connectivity index (χ2n) is 8.06. The number of piperidine rings is 1. The number of aromatic nitrogens is 1. The minimum Gasteiger partial charge on any atom is -0.361 e. The third-order valence-corrected chi connectivity index (χ3v) is 6.22. The van der Waals surface area contributed by atoms with Crippen molar-refractivity contribution in [2.45, 2.75) is 52.6 Å². The van der Waals surface area contributed by atoms with Gasteiger partial charge in [0.15, 0.2) is 0 Å². The fourth-order valence-corrected chi connectivity index (χ4v) is 4.38. The highest BCUT2D eigenvalue weighted by molar-refractivity contribution is 5.76. The second kappa shape index (κ2) is 7.85. The van der Waals surface area contributed by atoms with Crippen LogP contribution in [0.15, 0.2) is 28.8 Å². The molecule has 0 N–H and O–H groups in total. The summed E-state index contributed by atoms with van der Waals surface area (Å²) in [7, 11) is 0. The Labute approximate surface area is 161 Å². The Morgan fingerprint density at radius 3 is 2.59 bits per heavy atom. The molecular weight excluding hydrogens is 338 g/mol. The lowest BCUT2D eigenvalue weighted by atomic mass is 9.92. The molecule has 0 unspecified atom stereocenters. The molecule has 0 atom stereocenters. The van der Waals surface area contributed by atoms with Gasteiger partial charge in [-0.1, -0.05) is 29.4 Å². The third-order valence-electron chi connectivity index (χ3n) is 6.22. The average molecular weight is 367 g/mol. The Balaban J connectivity index is 1.26. The molecule has 1 amide bonds. The van der Waals surface area contributed by atoms with Gasteiger partial charge in [-0.3, -0.25) is 9.69 Å². The molecule has 144 valence electrons. The topological polar surface area (TPSA) is 49.6 Å². The number of hydrogen-bond donors (Lipinski definition) is 0. The van der Waals surface area contributed by atoms with Gasteiger partial charge in [0, 0.05) is 31.6 Å². The van der Waals surface area contributed by atoms with Gasteiger partial charge in [-0.25, -0.2) is 0 Å². The van der Waals surface area contributed by atoms with Crippen LogP contribution in [0.25, 0.3) is 0 Å². The average Bonchev–Trinajstić information content (AvgIpc) is 3.01. The Morgan fingerprint density at radius 1 is 1.15 bits per heavy atom. The van der Waals surface area contributed by atoms with E-state index in [1.165, 1.54) is 16.7 Å². The van der Waals surface area contributed by atoms with E-state index in [1.54, 1.807) is 0 Å². The zero-order valence-electron chi connectivity index (χ0n) is 16.4.